The molecule has 154 valence electrons. The van der Waals surface area contributed by atoms with E-state index < -0.39 is 41.0 Å². The summed E-state index contributed by atoms with van der Waals surface area (Å²) in [5.74, 6) is -3.94. The predicted molar refractivity (Wildman–Crippen MR) is 102 cm³/mol. The Morgan fingerprint density at radius 2 is 1.85 bits per heavy atom. The van der Waals surface area contributed by atoms with Gasteiger partial charge in [0.2, 0.25) is 15.9 Å². The first-order valence-electron chi connectivity index (χ1n) is 8.45. The largest absolute Gasteiger partial charge is 0.349 e. The molecule has 1 amide bonds. The quantitative estimate of drug-likeness (QED) is 0.728. The number of amides is 1. The van der Waals surface area contributed by atoms with Crippen molar-refractivity contribution in [3.05, 3.63) is 28.8 Å². The Hall–Kier alpha value is -1.29. The van der Waals surface area contributed by atoms with Gasteiger partial charge in [-0.15, -0.1) is 12.4 Å². The summed E-state index contributed by atoms with van der Waals surface area (Å²) in [6.07, 6.45) is 0.789. The van der Waals surface area contributed by atoms with Gasteiger partial charge in [0.15, 0.2) is 0 Å². The summed E-state index contributed by atoms with van der Waals surface area (Å²) in [5.41, 5.74) is 7.10. The molecule has 1 aromatic carbocycles. The van der Waals surface area contributed by atoms with E-state index in [1.54, 1.807) is 26.0 Å². The van der Waals surface area contributed by atoms with Crippen molar-refractivity contribution < 1.29 is 22.0 Å². The number of hydrogen-bond donors (Lipinski definition) is 2. The van der Waals surface area contributed by atoms with E-state index in [1.807, 2.05) is 6.92 Å². The van der Waals surface area contributed by atoms with Crippen molar-refractivity contribution in [3.8, 4) is 0 Å². The van der Waals surface area contributed by atoms with Crippen molar-refractivity contribution in [2.24, 2.45) is 5.73 Å². The van der Waals surface area contributed by atoms with E-state index in [4.69, 9.17) is 5.73 Å². The molecule has 2 rings (SSSR count). The van der Waals surface area contributed by atoms with Gasteiger partial charge in [0.1, 0.15) is 6.04 Å². The van der Waals surface area contributed by atoms with E-state index in [-0.39, 0.29) is 23.8 Å². The molecule has 0 aliphatic carbocycles. The third-order valence-electron chi connectivity index (χ3n) is 4.50. The fourth-order valence-electron chi connectivity index (χ4n) is 3.39. The van der Waals surface area contributed by atoms with Crippen molar-refractivity contribution >= 4 is 28.3 Å². The molecule has 6 nitrogen and oxygen atoms in total. The minimum Gasteiger partial charge on any atom is -0.349 e. The van der Waals surface area contributed by atoms with Gasteiger partial charge in [0.25, 0.3) is 5.92 Å². The molecule has 1 fully saturated rings. The number of hydrogen-bond acceptors (Lipinski definition) is 4. The zero-order valence-electron chi connectivity index (χ0n) is 15.6. The van der Waals surface area contributed by atoms with Crippen LogP contribution < -0.4 is 11.1 Å². The van der Waals surface area contributed by atoms with Crippen molar-refractivity contribution in [2.45, 2.75) is 50.5 Å². The summed E-state index contributed by atoms with van der Waals surface area (Å²) in [6.45, 7) is 3.68. The maximum atomic E-state index is 13.3. The third-order valence-corrected chi connectivity index (χ3v) is 6.71. The fraction of sp³-hybridized carbons (Fsp3) is 0.588. The first-order valence-corrected chi connectivity index (χ1v) is 9.89. The summed E-state index contributed by atoms with van der Waals surface area (Å²) in [6, 6.07) is 2.55. The number of nitrogens with one attached hydrogen (secondary N) is 1. The van der Waals surface area contributed by atoms with Crippen LogP contribution in [0.25, 0.3) is 0 Å². The number of aryl methyl sites for hydroxylation is 3. The Labute approximate surface area is 164 Å². The second-order valence-electron chi connectivity index (χ2n) is 6.78. The first kappa shape index (κ1) is 23.7. The molecule has 27 heavy (non-hydrogen) atoms. The highest BCUT2D eigenvalue weighted by atomic mass is 35.5. The molecule has 0 saturated carbocycles. The number of benzene rings is 1. The number of nitrogens with zero attached hydrogens (tertiary/aromatic N) is 1. The highest BCUT2D eigenvalue weighted by molar-refractivity contribution is 7.89. The molecule has 1 heterocycles. The Bertz CT molecular complexity index is 780. The monoisotopic (exact) mass is 425 g/mol. The molecule has 10 heteroatoms. The van der Waals surface area contributed by atoms with Crippen LogP contribution in [0.4, 0.5) is 8.78 Å². The van der Waals surface area contributed by atoms with Crippen LogP contribution in [0.2, 0.25) is 0 Å². The fourth-order valence-corrected chi connectivity index (χ4v) is 5.46. The van der Waals surface area contributed by atoms with Crippen LogP contribution in [0.3, 0.4) is 0 Å². The molecule has 0 bridgehead atoms. The van der Waals surface area contributed by atoms with Gasteiger partial charge < -0.3 is 11.1 Å². The van der Waals surface area contributed by atoms with Gasteiger partial charge in [-0.3, -0.25) is 4.79 Å². The molecule has 3 N–H and O–H groups in total. The van der Waals surface area contributed by atoms with Gasteiger partial charge in [0, 0.05) is 6.54 Å². The minimum absolute atomic E-state index is 0. The summed E-state index contributed by atoms with van der Waals surface area (Å²) in [5, 5.41) is 2.13. The summed E-state index contributed by atoms with van der Waals surface area (Å²) in [4.78, 5) is 12.5. The Balaban J connectivity index is 0.00000364. The van der Waals surface area contributed by atoms with Crippen LogP contribution in [0.15, 0.2) is 17.0 Å². The van der Waals surface area contributed by atoms with Gasteiger partial charge in [-0.2, -0.15) is 4.31 Å². The van der Waals surface area contributed by atoms with E-state index in [0.717, 1.165) is 9.87 Å². The smallest absolute Gasteiger partial charge is 0.277 e. The predicted octanol–water partition coefficient (Wildman–Crippen LogP) is 1.90. The van der Waals surface area contributed by atoms with Crippen LogP contribution in [0, 0.1) is 20.8 Å². The third kappa shape index (κ3) is 5.16. The Morgan fingerprint density at radius 3 is 2.37 bits per heavy atom. The lowest BCUT2D eigenvalue weighted by molar-refractivity contribution is -0.126. The zero-order chi connectivity index (χ0) is 19.7. The highest BCUT2D eigenvalue weighted by Gasteiger charge is 2.41. The lowest BCUT2D eigenvalue weighted by Gasteiger charge is -2.26. The van der Waals surface area contributed by atoms with Crippen molar-refractivity contribution in [1.29, 1.82) is 0 Å². The van der Waals surface area contributed by atoms with Crippen molar-refractivity contribution in [2.75, 3.05) is 19.6 Å². The van der Waals surface area contributed by atoms with Gasteiger partial charge >= 0.3 is 0 Å². The lowest BCUT2D eigenvalue weighted by Crippen LogP contribution is -2.49. The number of rotatable bonds is 6. The second-order valence-corrected chi connectivity index (χ2v) is 8.61. The van der Waals surface area contributed by atoms with Crippen molar-refractivity contribution in [3.63, 3.8) is 0 Å². The normalized spacial score (nSPS) is 18.2. The number of sulfonamides is 1. The van der Waals surface area contributed by atoms with Crippen LogP contribution in [0.5, 0.6) is 0 Å². The molecular formula is C17H26ClF2N3O3S. The molecule has 0 spiro atoms. The summed E-state index contributed by atoms with van der Waals surface area (Å²) >= 11 is 0. The number of carbonyl (C=O) groups is 1. The van der Waals surface area contributed by atoms with Crippen LogP contribution >= 0.6 is 12.4 Å². The number of halogens is 3. The van der Waals surface area contributed by atoms with E-state index in [2.05, 4.69) is 5.32 Å². The van der Waals surface area contributed by atoms with Gasteiger partial charge in [-0.25, -0.2) is 17.2 Å². The maximum Gasteiger partial charge on any atom is 0.277 e. The topological polar surface area (TPSA) is 92.5 Å². The van der Waals surface area contributed by atoms with Crippen molar-refractivity contribution in [1.82, 2.24) is 9.62 Å². The number of carbonyl (C=O) groups excluding carboxylic acids is 1. The van der Waals surface area contributed by atoms with Crippen LogP contribution in [-0.2, 0) is 14.8 Å². The summed E-state index contributed by atoms with van der Waals surface area (Å²) < 4.78 is 53.9. The molecule has 1 aliphatic heterocycles. The van der Waals surface area contributed by atoms with E-state index >= 15 is 0 Å². The summed E-state index contributed by atoms with van der Waals surface area (Å²) in [7, 11) is -3.91. The van der Waals surface area contributed by atoms with Gasteiger partial charge in [-0.1, -0.05) is 17.7 Å². The van der Waals surface area contributed by atoms with Crippen LogP contribution in [0.1, 0.15) is 29.5 Å². The van der Waals surface area contributed by atoms with Gasteiger partial charge in [-0.05, 0) is 44.7 Å². The Kier molecular flexibility index (Phi) is 7.75. The average Bonchev–Trinajstić information content (AvgIpc) is 3.02. The SMILES string of the molecule is Cc1cc(C)c(S(=O)(=O)N2CCCC2C(=O)NCC(F)(F)CN)c(C)c1.Cl. The van der Waals surface area contributed by atoms with Gasteiger partial charge in [0.05, 0.1) is 18.0 Å². The average molecular weight is 426 g/mol. The van der Waals surface area contributed by atoms with E-state index in [9.17, 15) is 22.0 Å². The number of alkyl halides is 2. The molecule has 1 aliphatic rings. The highest BCUT2D eigenvalue weighted by Crippen LogP contribution is 2.30. The zero-order valence-corrected chi connectivity index (χ0v) is 17.2. The molecule has 1 aromatic rings. The maximum absolute atomic E-state index is 13.3. The molecule has 1 atom stereocenters. The minimum atomic E-state index is -3.91. The standard InChI is InChI=1S/C17H25F2N3O3S.ClH/c1-11-7-12(2)15(13(3)8-11)26(24,25)22-6-4-5-14(22)16(23)21-10-17(18,19)9-20;/h7-8,14H,4-6,9-10,20H2,1-3H3,(H,21,23);1H. The molecular weight excluding hydrogens is 400 g/mol. The second kappa shape index (κ2) is 8.81. The molecule has 1 saturated heterocycles. The molecule has 0 radical (unpaired) electrons. The van der Waals surface area contributed by atoms with E-state index in [0.29, 0.717) is 24.0 Å². The Morgan fingerprint density at radius 1 is 1.30 bits per heavy atom. The van der Waals surface area contributed by atoms with E-state index in [1.165, 1.54) is 0 Å². The molecule has 1 unspecified atom stereocenters. The molecule has 0 aromatic heterocycles. The number of nitrogens with two attached hydrogens (primary N) is 1. The van der Waals surface area contributed by atoms with Crippen LogP contribution in [-0.4, -0.2) is 50.2 Å². The first-order chi connectivity index (χ1) is 12.0. The lowest BCUT2D eigenvalue weighted by atomic mass is 10.1.